The molecule has 1 fully saturated rings. The Balaban J connectivity index is 1.65. The van der Waals surface area contributed by atoms with Crippen molar-refractivity contribution < 1.29 is 9.59 Å². The second-order valence-corrected chi connectivity index (χ2v) is 6.56. The van der Waals surface area contributed by atoms with Gasteiger partial charge in [0.2, 0.25) is 5.91 Å². The highest BCUT2D eigenvalue weighted by molar-refractivity contribution is 6.04. The van der Waals surface area contributed by atoms with Gasteiger partial charge in [-0.1, -0.05) is 0 Å². The van der Waals surface area contributed by atoms with Crippen molar-refractivity contribution in [2.45, 2.75) is 19.3 Å². The first-order valence-electron chi connectivity index (χ1n) is 8.07. The molecule has 0 radical (unpaired) electrons. The van der Waals surface area contributed by atoms with Crippen molar-refractivity contribution in [3.8, 4) is 0 Å². The number of benzene rings is 1. The number of carbonyl (C=O) groups excluding carboxylic acids is 2. The number of carbonyl (C=O) groups is 2. The molecule has 0 unspecified atom stereocenters. The van der Waals surface area contributed by atoms with E-state index in [9.17, 15) is 9.59 Å². The van der Waals surface area contributed by atoms with Crippen LogP contribution in [0.4, 0.5) is 5.69 Å². The zero-order valence-electron chi connectivity index (χ0n) is 13.0. The van der Waals surface area contributed by atoms with Crippen LogP contribution >= 0.6 is 0 Å². The summed E-state index contributed by atoms with van der Waals surface area (Å²) in [5.74, 6) is 0.295. The van der Waals surface area contributed by atoms with Crippen LogP contribution in [0.1, 0.15) is 27.9 Å². The lowest BCUT2D eigenvalue weighted by molar-refractivity contribution is -0.117. The van der Waals surface area contributed by atoms with Crippen LogP contribution in [-0.4, -0.2) is 61.4 Å². The molecule has 116 valence electrons. The fourth-order valence-electron chi connectivity index (χ4n) is 3.79. The molecule has 2 amide bonds. The average molecular weight is 299 g/mol. The van der Waals surface area contributed by atoms with Crippen molar-refractivity contribution in [2.24, 2.45) is 0 Å². The van der Waals surface area contributed by atoms with E-state index in [0.717, 1.165) is 62.4 Å². The van der Waals surface area contributed by atoms with Crippen LogP contribution in [0.25, 0.3) is 0 Å². The minimum absolute atomic E-state index is 0.114. The molecule has 1 aromatic rings. The minimum atomic E-state index is 0.114. The second-order valence-electron chi connectivity index (χ2n) is 6.56. The number of rotatable bonds is 1. The van der Waals surface area contributed by atoms with Gasteiger partial charge in [0, 0.05) is 38.3 Å². The Hall–Kier alpha value is -1.88. The maximum absolute atomic E-state index is 12.8. The van der Waals surface area contributed by atoms with Crippen LogP contribution < -0.4 is 4.90 Å². The number of aryl methyl sites for hydroxylation is 1. The number of likely N-dealkylation sites (N-methyl/N-ethyl adjacent to an activating group) is 1. The molecule has 5 heteroatoms. The summed E-state index contributed by atoms with van der Waals surface area (Å²) in [6, 6.07) is 3.97. The van der Waals surface area contributed by atoms with Crippen LogP contribution in [0.5, 0.6) is 0 Å². The minimum Gasteiger partial charge on any atom is -0.336 e. The summed E-state index contributed by atoms with van der Waals surface area (Å²) in [7, 11) is 2.08. The smallest absolute Gasteiger partial charge is 0.253 e. The van der Waals surface area contributed by atoms with E-state index in [4.69, 9.17) is 0 Å². The highest BCUT2D eigenvalue weighted by Crippen LogP contribution is 2.37. The van der Waals surface area contributed by atoms with E-state index < -0.39 is 0 Å². The van der Waals surface area contributed by atoms with Gasteiger partial charge in [0.25, 0.3) is 5.91 Å². The normalized spacial score (nSPS) is 21.2. The van der Waals surface area contributed by atoms with Crippen LogP contribution in [0.3, 0.4) is 0 Å². The van der Waals surface area contributed by atoms with E-state index in [2.05, 4.69) is 11.9 Å². The molecule has 0 aromatic heterocycles. The molecule has 0 N–H and O–H groups in total. The predicted octanol–water partition coefficient (Wildman–Crippen LogP) is 0.909. The number of anilines is 1. The largest absolute Gasteiger partial charge is 0.336 e. The molecule has 0 spiro atoms. The quantitative estimate of drug-likeness (QED) is 0.774. The fraction of sp³-hybridized carbons (Fsp3) is 0.529. The molecule has 0 saturated carbocycles. The summed E-state index contributed by atoms with van der Waals surface area (Å²) in [5.41, 5.74) is 4.06. The predicted molar refractivity (Wildman–Crippen MR) is 84.2 cm³/mol. The van der Waals surface area contributed by atoms with Crippen LogP contribution in [0, 0.1) is 0 Å². The Labute approximate surface area is 130 Å². The summed E-state index contributed by atoms with van der Waals surface area (Å²) in [4.78, 5) is 30.9. The zero-order chi connectivity index (χ0) is 15.3. The first-order valence-corrected chi connectivity index (χ1v) is 8.07. The molecular formula is C17H21N3O2. The van der Waals surface area contributed by atoms with Gasteiger partial charge in [0.1, 0.15) is 0 Å². The molecule has 0 aliphatic carbocycles. The van der Waals surface area contributed by atoms with Crippen molar-refractivity contribution in [3.05, 3.63) is 28.8 Å². The maximum atomic E-state index is 12.8. The molecule has 3 aliphatic rings. The fourth-order valence-corrected chi connectivity index (χ4v) is 3.79. The van der Waals surface area contributed by atoms with E-state index in [-0.39, 0.29) is 11.8 Å². The molecule has 5 nitrogen and oxygen atoms in total. The van der Waals surface area contributed by atoms with Gasteiger partial charge in [0.05, 0.1) is 12.1 Å². The van der Waals surface area contributed by atoms with Crippen molar-refractivity contribution in [2.75, 3.05) is 44.7 Å². The van der Waals surface area contributed by atoms with Gasteiger partial charge in [-0.3, -0.25) is 9.59 Å². The van der Waals surface area contributed by atoms with Crippen molar-refractivity contribution in [1.82, 2.24) is 9.80 Å². The number of nitrogens with zero attached hydrogens (tertiary/aromatic N) is 3. The Morgan fingerprint density at radius 2 is 1.77 bits per heavy atom. The van der Waals surface area contributed by atoms with Crippen LogP contribution in [0.2, 0.25) is 0 Å². The summed E-state index contributed by atoms with van der Waals surface area (Å²) < 4.78 is 0. The highest BCUT2D eigenvalue weighted by Gasteiger charge is 2.33. The summed E-state index contributed by atoms with van der Waals surface area (Å²) in [6.45, 7) is 4.25. The van der Waals surface area contributed by atoms with Crippen molar-refractivity contribution in [3.63, 3.8) is 0 Å². The molecule has 3 aliphatic heterocycles. The summed E-state index contributed by atoms with van der Waals surface area (Å²) in [5, 5.41) is 0. The number of hydrogen-bond acceptors (Lipinski definition) is 3. The van der Waals surface area contributed by atoms with Crippen LogP contribution in [0.15, 0.2) is 12.1 Å². The van der Waals surface area contributed by atoms with E-state index >= 15 is 0 Å². The Morgan fingerprint density at radius 1 is 1.05 bits per heavy atom. The highest BCUT2D eigenvalue weighted by atomic mass is 16.2. The maximum Gasteiger partial charge on any atom is 0.253 e. The zero-order valence-corrected chi connectivity index (χ0v) is 13.0. The van der Waals surface area contributed by atoms with E-state index in [1.165, 1.54) is 5.56 Å². The number of piperazine rings is 1. The first-order chi connectivity index (χ1) is 10.6. The molecule has 4 rings (SSSR count). The van der Waals surface area contributed by atoms with Gasteiger partial charge in [0.15, 0.2) is 0 Å². The third-order valence-corrected chi connectivity index (χ3v) is 5.05. The monoisotopic (exact) mass is 299 g/mol. The Kier molecular flexibility index (Phi) is 3.18. The van der Waals surface area contributed by atoms with Crippen molar-refractivity contribution >= 4 is 17.5 Å². The molecule has 3 heterocycles. The summed E-state index contributed by atoms with van der Waals surface area (Å²) >= 11 is 0. The standard InChI is InChI=1S/C17H21N3O2/c1-18-5-7-19(8-6-18)17(22)14-9-12-3-2-4-20-15(21)11-13(10-14)16(12)20/h9-10H,2-8,11H2,1H3. The molecule has 0 atom stereocenters. The van der Waals surface area contributed by atoms with Gasteiger partial charge >= 0.3 is 0 Å². The lowest BCUT2D eigenvalue weighted by Gasteiger charge is -2.33. The molecule has 1 aromatic carbocycles. The average Bonchev–Trinajstić information content (AvgIpc) is 2.85. The third-order valence-electron chi connectivity index (χ3n) is 5.05. The van der Waals surface area contributed by atoms with E-state index in [1.807, 2.05) is 21.9 Å². The van der Waals surface area contributed by atoms with E-state index in [0.29, 0.717) is 6.42 Å². The first kappa shape index (κ1) is 13.8. The lowest BCUT2D eigenvalue weighted by atomic mass is 9.96. The second kappa shape index (κ2) is 5.09. The van der Waals surface area contributed by atoms with Gasteiger partial charge in [-0.2, -0.15) is 0 Å². The topological polar surface area (TPSA) is 43.9 Å². The van der Waals surface area contributed by atoms with Gasteiger partial charge < -0.3 is 14.7 Å². The lowest BCUT2D eigenvalue weighted by Crippen LogP contribution is -2.47. The number of amides is 2. The molecule has 22 heavy (non-hydrogen) atoms. The molecule has 0 bridgehead atoms. The van der Waals surface area contributed by atoms with Gasteiger partial charge in [-0.15, -0.1) is 0 Å². The van der Waals surface area contributed by atoms with Crippen molar-refractivity contribution in [1.29, 1.82) is 0 Å². The molecule has 1 saturated heterocycles. The number of hydrogen-bond donors (Lipinski definition) is 0. The van der Waals surface area contributed by atoms with Gasteiger partial charge in [-0.25, -0.2) is 0 Å². The Bertz CT molecular complexity index is 648. The molecular weight excluding hydrogens is 278 g/mol. The summed E-state index contributed by atoms with van der Waals surface area (Å²) in [6.07, 6.45) is 2.41. The van der Waals surface area contributed by atoms with E-state index in [1.54, 1.807) is 0 Å². The van der Waals surface area contributed by atoms with Gasteiger partial charge in [-0.05, 0) is 43.1 Å². The van der Waals surface area contributed by atoms with Crippen LogP contribution in [-0.2, 0) is 17.6 Å². The third kappa shape index (κ3) is 2.11. The SMILES string of the molecule is CN1CCN(C(=O)c2cc3c4c(c2)CC(=O)N4CCC3)CC1. The Morgan fingerprint density at radius 3 is 2.55 bits per heavy atom.